The van der Waals surface area contributed by atoms with E-state index < -0.39 is 15.9 Å². The van der Waals surface area contributed by atoms with Crippen LogP contribution in [0.5, 0.6) is 0 Å². The molecule has 6 nitrogen and oxygen atoms in total. The number of benzene rings is 2. The molecule has 0 saturated carbocycles. The van der Waals surface area contributed by atoms with Gasteiger partial charge in [0.15, 0.2) is 0 Å². The summed E-state index contributed by atoms with van der Waals surface area (Å²) in [6.07, 6.45) is 1.52. The minimum absolute atomic E-state index is 0.120. The minimum Gasteiger partial charge on any atom is -0.272 e. The van der Waals surface area contributed by atoms with E-state index in [0.717, 1.165) is 14.3 Å². The van der Waals surface area contributed by atoms with Gasteiger partial charge in [0.25, 0.3) is 5.91 Å². The van der Waals surface area contributed by atoms with Crippen LogP contribution >= 0.6 is 15.9 Å². The van der Waals surface area contributed by atoms with E-state index in [1.165, 1.54) is 31.0 Å². The molecular weight excluding hydrogens is 430 g/mol. The molecular formula is C19H22BrN3O3S. The van der Waals surface area contributed by atoms with E-state index in [2.05, 4.69) is 40.3 Å². The number of carbonyl (C=O) groups excluding carboxylic acids is 1. The third-order valence-corrected chi connectivity index (χ3v) is 6.24. The predicted octanol–water partition coefficient (Wildman–Crippen LogP) is 3.34. The summed E-state index contributed by atoms with van der Waals surface area (Å²) in [5, 5.41) is 3.88. The minimum atomic E-state index is -3.74. The SMILES string of the molecule is CC(C)c1ccc(/C=N\NC(=O)CN(C)S(=O)(=O)c2ccc(Br)cc2)cc1. The van der Waals surface area contributed by atoms with Gasteiger partial charge in [0.05, 0.1) is 17.7 Å². The van der Waals surface area contributed by atoms with Crippen LogP contribution in [0.3, 0.4) is 0 Å². The Kier molecular flexibility index (Phi) is 7.29. The number of rotatable bonds is 7. The number of hydrogen-bond donors (Lipinski definition) is 1. The molecule has 0 aliphatic carbocycles. The Labute approximate surface area is 168 Å². The van der Waals surface area contributed by atoms with Crippen molar-refractivity contribution in [2.45, 2.75) is 24.7 Å². The quantitative estimate of drug-likeness (QED) is 0.517. The Morgan fingerprint density at radius 2 is 1.74 bits per heavy atom. The molecule has 27 heavy (non-hydrogen) atoms. The number of likely N-dealkylation sites (N-methyl/N-ethyl adjacent to an activating group) is 1. The topological polar surface area (TPSA) is 78.8 Å². The highest BCUT2D eigenvalue weighted by atomic mass is 79.9. The number of hydrogen-bond acceptors (Lipinski definition) is 4. The molecule has 144 valence electrons. The lowest BCUT2D eigenvalue weighted by molar-refractivity contribution is -0.121. The first kappa shape index (κ1) is 21.3. The fraction of sp³-hybridized carbons (Fsp3) is 0.263. The molecule has 0 heterocycles. The van der Waals surface area contributed by atoms with Crippen molar-refractivity contribution in [3.05, 3.63) is 64.1 Å². The Bertz CT molecular complexity index is 908. The maximum atomic E-state index is 12.5. The van der Waals surface area contributed by atoms with E-state index in [-0.39, 0.29) is 11.4 Å². The Balaban J connectivity index is 1.93. The summed E-state index contributed by atoms with van der Waals surface area (Å²) in [5.74, 6) is -0.0767. The van der Waals surface area contributed by atoms with E-state index in [1.54, 1.807) is 12.1 Å². The molecule has 1 amide bonds. The van der Waals surface area contributed by atoms with Crippen molar-refractivity contribution in [2.75, 3.05) is 13.6 Å². The lowest BCUT2D eigenvalue weighted by atomic mass is 10.0. The largest absolute Gasteiger partial charge is 0.272 e. The van der Waals surface area contributed by atoms with Gasteiger partial charge in [-0.3, -0.25) is 4.79 Å². The molecule has 0 bridgehead atoms. The van der Waals surface area contributed by atoms with Crippen molar-refractivity contribution < 1.29 is 13.2 Å². The molecule has 2 aromatic rings. The van der Waals surface area contributed by atoms with Crippen molar-refractivity contribution in [3.8, 4) is 0 Å². The van der Waals surface area contributed by atoms with E-state index in [4.69, 9.17) is 0 Å². The summed E-state index contributed by atoms with van der Waals surface area (Å²) in [7, 11) is -2.39. The number of nitrogens with one attached hydrogen (secondary N) is 1. The molecule has 0 aliphatic rings. The molecule has 0 spiro atoms. The molecule has 0 saturated heterocycles. The molecule has 0 unspecified atom stereocenters. The van der Waals surface area contributed by atoms with Gasteiger partial charge in [-0.2, -0.15) is 9.41 Å². The number of sulfonamides is 1. The van der Waals surface area contributed by atoms with Crippen molar-refractivity contribution in [1.82, 2.24) is 9.73 Å². The second-order valence-corrected chi connectivity index (χ2v) is 9.29. The highest BCUT2D eigenvalue weighted by Crippen LogP contribution is 2.17. The Morgan fingerprint density at radius 3 is 2.30 bits per heavy atom. The van der Waals surface area contributed by atoms with Crippen LogP contribution in [0, 0.1) is 0 Å². The molecule has 0 fully saturated rings. The van der Waals surface area contributed by atoms with Crippen LogP contribution in [-0.4, -0.2) is 38.4 Å². The summed E-state index contributed by atoms with van der Waals surface area (Å²) in [6, 6.07) is 14.1. The molecule has 2 aromatic carbocycles. The molecule has 2 rings (SSSR count). The standard InChI is InChI=1S/C19H22BrN3O3S/c1-14(2)16-6-4-15(5-7-16)12-21-22-19(24)13-23(3)27(25,26)18-10-8-17(20)9-11-18/h4-12,14H,13H2,1-3H3,(H,22,24)/b21-12-. The average Bonchev–Trinajstić information content (AvgIpc) is 2.62. The zero-order valence-corrected chi connectivity index (χ0v) is 17.8. The van der Waals surface area contributed by atoms with Crippen molar-refractivity contribution in [3.63, 3.8) is 0 Å². The molecule has 0 atom stereocenters. The highest BCUT2D eigenvalue weighted by molar-refractivity contribution is 9.10. The van der Waals surface area contributed by atoms with Gasteiger partial charge in [-0.25, -0.2) is 13.8 Å². The van der Waals surface area contributed by atoms with Crippen molar-refractivity contribution >= 4 is 38.1 Å². The second kappa shape index (κ2) is 9.25. The van der Waals surface area contributed by atoms with E-state index >= 15 is 0 Å². The van der Waals surface area contributed by atoms with Gasteiger partial charge >= 0.3 is 0 Å². The van der Waals surface area contributed by atoms with Crippen LogP contribution in [0.1, 0.15) is 30.9 Å². The van der Waals surface area contributed by atoms with E-state index in [1.807, 2.05) is 24.3 Å². The van der Waals surface area contributed by atoms with Gasteiger partial charge < -0.3 is 0 Å². The lowest BCUT2D eigenvalue weighted by Gasteiger charge is -2.16. The van der Waals surface area contributed by atoms with Crippen LogP contribution < -0.4 is 5.43 Å². The van der Waals surface area contributed by atoms with E-state index in [0.29, 0.717) is 5.92 Å². The van der Waals surface area contributed by atoms with Gasteiger partial charge in [-0.05, 0) is 41.3 Å². The van der Waals surface area contributed by atoms with Crippen LogP contribution in [0.25, 0.3) is 0 Å². The summed E-state index contributed by atoms with van der Waals surface area (Å²) in [4.78, 5) is 12.1. The first-order valence-corrected chi connectivity index (χ1v) is 10.6. The van der Waals surface area contributed by atoms with Crippen LogP contribution in [0.2, 0.25) is 0 Å². The second-order valence-electron chi connectivity index (χ2n) is 6.33. The fourth-order valence-electron chi connectivity index (χ4n) is 2.25. The summed E-state index contributed by atoms with van der Waals surface area (Å²) >= 11 is 3.26. The normalized spacial score (nSPS) is 12.1. The van der Waals surface area contributed by atoms with Crippen LogP contribution in [0.15, 0.2) is 63.0 Å². The molecule has 8 heteroatoms. The first-order valence-electron chi connectivity index (χ1n) is 8.34. The maximum absolute atomic E-state index is 12.5. The smallest absolute Gasteiger partial charge is 0.255 e. The van der Waals surface area contributed by atoms with E-state index in [9.17, 15) is 13.2 Å². The number of hydrazone groups is 1. The van der Waals surface area contributed by atoms with Gasteiger partial charge in [0, 0.05) is 11.5 Å². The monoisotopic (exact) mass is 451 g/mol. The molecule has 1 N–H and O–H groups in total. The molecule has 0 aromatic heterocycles. The zero-order chi connectivity index (χ0) is 20.0. The zero-order valence-electron chi connectivity index (χ0n) is 15.4. The summed E-state index contributed by atoms with van der Waals surface area (Å²) in [6.45, 7) is 3.90. The predicted molar refractivity (Wildman–Crippen MR) is 110 cm³/mol. The highest BCUT2D eigenvalue weighted by Gasteiger charge is 2.22. The fourth-order valence-corrected chi connectivity index (χ4v) is 3.65. The van der Waals surface area contributed by atoms with Crippen molar-refractivity contribution in [2.24, 2.45) is 5.10 Å². The number of carbonyl (C=O) groups is 1. The summed E-state index contributed by atoms with van der Waals surface area (Å²) in [5.41, 5.74) is 4.41. The Morgan fingerprint density at radius 1 is 1.15 bits per heavy atom. The number of amides is 1. The third kappa shape index (κ3) is 5.98. The Hall–Kier alpha value is -2.03. The van der Waals surface area contributed by atoms with Crippen molar-refractivity contribution in [1.29, 1.82) is 0 Å². The van der Waals surface area contributed by atoms with Gasteiger partial charge in [-0.1, -0.05) is 54.0 Å². The third-order valence-electron chi connectivity index (χ3n) is 3.89. The maximum Gasteiger partial charge on any atom is 0.255 e. The average molecular weight is 452 g/mol. The van der Waals surface area contributed by atoms with Crippen LogP contribution in [-0.2, 0) is 14.8 Å². The van der Waals surface area contributed by atoms with Gasteiger partial charge in [-0.15, -0.1) is 0 Å². The van der Waals surface area contributed by atoms with Gasteiger partial charge in [0.1, 0.15) is 0 Å². The molecule has 0 radical (unpaired) electrons. The van der Waals surface area contributed by atoms with Crippen LogP contribution in [0.4, 0.5) is 0 Å². The summed E-state index contributed by atoms with van der Waals surface area (Å²) < 4.78 is 26.7. The molecule has 0 aliphatic heterocycles. The van der Waals surface area contributed by atoms with Gasteiger partial charge in [0.2, 0.25) is 10.0 Å². The number of nitrogens with zero attached hydrogens (tertiary/aromatic N) is 2. The number of halogens is 1. The first-order chi connectivity index (χ1) is 12.7. The lowest BCUT2D eigenvalue weighted by Crippen LogP contribution is -2.36.